The maximum Gasteiger partial charge on any atom is 0.246 e. The van der Waals surface area contributed by atoms with Gasteiger partial charge in [-0.1, -0.05) is 30.3 Å². The van der Waals surface area contributed by atoms with Crippen molar-refractivity contribution in [3.05, 3.63) is 66.1 Å². The van der Waals surface area contributed by atoms with Crippen molar-refractivity contribution in [2.75, 3.05) is 19.8 Å². The van der Waals surface area contributed by atoms with Crippen molar-refractivity contribution in [2.45, 2.75) is 13.5 Å². The average Bonchev–Trinajstić information content (AvgIpc) is 3.16. The van der Waals surface area contributed by atoms with Gasteiger partial charge in [-0.25, -0.2) is 4.98 Å². The highest BCUT2D eigenvalue weighted by Gasteiger charge is 2.07. The van der Waals surface area contributed by atoms with Gasteiger partial charge in [0, 0.05) is 11.6 Å². The Bertz CT molecular complexity index is 1130. The maximum absolute atomic E-state index is 11.9. The van der Waals surface area contributed by atoms with E-state index in [2.05, 4.69) is 20.3 Å². The number of hydrogen-bond donors (Lipinski definition) is 2. The molecule has 2 heterocycles. The van der Waals surface area contributed by atoms with Crippen LogP contribution in [0.3, 0.4) is 0 Å². The molecule has 0 radical (unpaired) electrons. The number of pyridine rings is 1. The topological polar surface area (TPSA) is 89.1 Å². The number of benzene rings is 2. The van der Waals surface area contributed by atoms with Crippen LogP contribution < -0.4 is 10.1 Å². The van der Waals surface area contributed by atoms with Crippen LogP contribution in [0.2, 0.25) is 0 Å². The number of aromatic amines is 1. The van der Waals surface area contributed by atoms with Crippen molar-refractivity contribution in [3.8, 4) is 5.75 Å². The molecule has 2 aromatic carbocycles. The molecule has 0 unspecified atom stereocenters. The summed E-state index contributed by atoms with van der Waals surface area (Å²) in [7, 11) is 0. The highest BCUT2D eigenvalue weighted by Crippen LogP contribution is 2.22. The number of rotatable bonds is 8. The molecule has 4 aromatic rings. The molecule has 148 valence electrons. The first-order chi connectivity index (χ1) is 14.2. The first-order valence-electron chi connectivity index (χ1n) is 9.46. The Hall–Kier alpha value is -3.45. The van der Waals surface area contributed by atoms with Gasteiger partial charge in [0.1, 0.15) is 36.9 Å². The third kappa shape index (κ3) is 4.52. The minimum Gasteiger partial charge on any atom is -0.489 e. The quantitative estimate of drug-likeness (QED) is 0.451. The molecule has 29 heavy (non-hydrogen) atoms. The number of carbonyl (C=O) groups is 1. The first-order valence-corrected chi connectivity index (χ1v) is 9.46. The van der Waals surface area contributed by atoms with Crippen LogP contribution in [0.5, 0.6) is 5.75 Å². The Morgan fingerprint density at radius 3 is 2.86 bits per heavy atom. The summed E-state index contributed by atoms with van der Waals surface area (Å²) in [4.78, 5) is 24.0. The number of fused-ring (bicyclic) bond motifs is 2. The van der Waals surface area contributed by atoms with Crippen LogP contribution in [-0.2, 0) is 16.1 Å². The van der Waals surface area contributed by atoms with Gasteiger partial charge in [0.05, 0.1) is 17.6 Å². The molecule has 2 aromatic heterocycles. The Morgan fingerprint density at radius 1 is 1.10 bits per heavy atom. The Kier molecular flexibility index (Phi) is 5.67. The number of amides is 1. The fourth-order valence-electron chi connectivity index (χ4n) is 3.13. The third-order valence-corrected chi connectivity index (χ3v) is 4.51. The molecule has 0 saturated heterocycles. The van der Waals surface area contributed by atoms with E-state index in [0.717, 1.165) is 27.5 Å². The average molecular weight is 390 g/mol. The molecule has 1 amide bonds. The molecule has 0 saturated carbocycles. The van der Waals surface area contributed by atoms with Crippen LogP contribution in [0, 0.1) is 6.92 Å². The number of aryl methyl sites for hydroxylation is 1. The van der Waals surface area contributed by atoms with Crippen LogP contribution >= 0.6 is 0 Å². The first kappa shape index (κ1) is 18.9. The van der Waals surface area contributed by atoms with Crippen LogP contribution in [-0.4, -0.2) is 40.6 Å². The molecular weight excluding hydrogens is 368 g/mol. The summed E-state index contributed by atoms with van der Waals surface area (Å²) in [6.07, 6.45) is 1.73. The molecule has 4 rings (SSSR count). The number of carbonyl (C=O) groups excluding carboxylic acids is 1. The lowest BCUT2D eigenvalue weighted by atomic mass is 10.2. The molecule has 0 aliphatic heterocycles. The molecule has 7 nitrogen and oxygen atoms in total. The molecule has 7 heteroatoms. The number of ether oxygens (including phenoxy) is 2. The molecule has 0 spiro atoms. The van der Waals surface area contributed by atoms with Gasteiger partial charge in [-0.3, -0.25) is 9.78 Å². The van der Waals surface area contributed by atoms with Crippen molar-refractivity contribution >= 4 is 27.8 Å². The summed E-state index contributed by atoms with van der Waals surface area (Å²) in [5, 5.41) is 3.80. The van der Waals surface area contributed by atoms with E-state index < -0.39 is 0 Å². The largest absolute Gasteiger partial charge is 0.489 e. The minimum absolute atomic E-state index is 0.0359. The predicted molar refractivity (Wildman–Crippen MR) is 111 cm³/mol. The monoisotopic (exact) mass is 390 g/mol. The van der Waals surface area contributed by atoms with E-state index in [0.29, 0.717) is 24.7 Å². The lowest BCUT2D eigenvalue weighted by Gasteiger charge is -2.09. The second-order valence-electron chi connectivity index (χ2n) is 6.68. The van der Waals surface area contributed by atoms with Gasteiger partial charge >= 0.3 is 0 Å². The number of nitrogens with zero attached hydrogens (tertiary/aromatic N) is 2. The summed E-state index contributed by atoms with van der Waals surface area (Å²) in [5.74, 6) is 1.21. The Balaban J connectivity index is 1.19. The van der Waals surface area contributed by atoms with Crippen molar-refractivity contribution in [1.82, 2.24) is 20.3 Å². The summed E-state index contributed by atoms with van der Waals surface area (Å²) in [6, 6.07) is 15.6. The minimum atomic E-state index is -0.197. The lowest BCUT2D eigenvalue weighted by molar-refractivity contribution is -0.126. The summed E-state index contributed by atoms with van der Waals surface area (Å²) >= 11 is 0. The lowest BCUT2D eigenvalue weighted by Crippen LogP contribution is -2.31. The van der Waals surface area contributed by atoms with Crippen molar-refractivity contribution in [3.63, 3.8) is 0 Å². The molecule has 0 bridgehead atoms. The van der Waals surface area contributed by atoms with E-state index in [1.807, 2.05) is 55.5 Å². The second-order valence-corrected chi connectivity index (χ2v) is 6.68. The normalized spacial score (nSPS) is 11.1. The summed E-state index contributed by atoms with van der Waals surface area (Å²) in [6.45, 7) is 2.96. The van der Waals surface area contributed by atoms with E-state index in [-0.39, 0.29) is 19.1 Å². The zero-order valence-corrected chi connectivity index (χ0v) is 16.1. The van der Waals surface area contributed by atoms with Crippen LogP contribution in [0.4, 0.5) is 0 Å². The number of aromatic nitrogens is 3. The Labute approximate surface area is 168 Å². The standard InChI is InChI=1S/C22H22N4O3/c1-15-5-2-8-17-21(15)26-19(25-17)13-28-14-20(27)23-11-12-29-18-9-3-6-16-7-4-10-24-22(16)18/h2-10H,11-14H2,1H3,(H,23,27)(H,25,26). The zero-order valence-electron chi connectivity index (χ0n) is 16.1. The van der Waals surface area contributed by atoms with Crippen molar-refractivity contribution < 1.29 is 14.3 Å². The maximum atomic E-state index is 11.9. The summed E-state index contributed by atoms with van der Waals surface area (Å²) in [5.41, 5.74) is 3.80. The number of para-hydroxylation sites is 2. The summed E-state index contributed by atoms with van der Waals surface area (Å²) < 4.78 is 11.2. The van der Waals surface area contributed by atoms with Crippen LogP contribution in [0.25, 0.3) is 21.9 Å². The molecule has 0 aliphatic carbocycles. The van der Waals surface area contributed by atoms with E-state index in [4.69, 9.17) is 9.47 Å². The van der Waals surface area contributed by atoms with Crippen molar-refractivity contribution in [1.29, 1.82) is 0 Å². The van der Waals surface area contributed by atoms with Crippen LogP contribution in [0.1, 0.15) is 11.4 Å². The number of nitrogens with one attached hydrogen (secondary N) is 2. The fraction of sp³-hybridized carbons (Fsp3) is 0.227. The molecule has 2 N–H and O–H groups in total. The zero-order chi connectivity index (χ0) is 20.1. The van der Waals surface area contributed by atoms with E-state index in [9.17, 15) is 4.79 Å². The van der Waals surface area contributed by atoms with Gasteiger partial charge in [-0.2, -0.15) is 0 Å². The van der Waals surface area contributed by atoms with Gasteiger partial charge in [0.15, 0.2) is 0 Å². The van der Waals surface area contributed by atoms with Crippen LogP contribution in [0.15, 0.2) is 54.7 Å². The molecular formula is C22H22N4O3. The van der Waals surface area contributed by atoms with Gasteiger partial charge in [0.25, 0.3) is 0 Å². The van der Waals surface area contributed by atoms with Gasteiger partial charge in [-0.05, 0) is 30.7 Å². The Morgan fingerprint density at radius 2 is 1.97 bits per heavy atom. The van der Waals surface area contributed by atoms with Gasteiger partial charge < -0.3 is 19.8 Å². The molecule has 0 fully saturated rings. The van der Waals surface area contributed by atoms with Gasteiger partial charge in [0.2, 0.25) is 5.91 Å². The van der Waals surface area contributed by atoms with Crippen molar-refractivity contribution in [2.24, 2.45) is 0 Å². The third-order valence-electron chi connectivity index (χ3n) is 4.51. The van der Waals surface area contributed by atoms with E-state index in [1.165, 1.54) is 0 Å². The smallest absolute Gasteiger partial charge is 0.246 e. The highest BCUT2D eigenvalue weighted by molar-refractivity contribution is 5.84. The molecule has 0 atom stereocenters. The number of imidazole rings is 1. The fourth-order valence-corrected chi connectivity index (χ4v) is 3.13. The van der Waals surface area contributed by atoms with E-state index in [1.54, 1.807) is 6.20 Å². The predicted octanol–water partition coefficient (Wildman–Crippen LogP) is 3.13. The number of hydrogen-bond acceptors (Lipinski definition) is 5. The molecule has 0 aliphatic rings. The van der Waals surface area contributed by atoms with E-state index >= 15 is 0 Å². The highest BCUT2D eigenvalue weighted by atomic mass is 16.5. The van der Waals surface area contributed by atoms with Gasteiger partial charge in [-0.15, -0.1) is 0 Å². The number of H-pyrrole nitrogens is 1. The SMILES string of the molecule is Cc1cccc2[nH]c(COCC(=O)NCCOc3cccc4cccnc34)nc12. The second kappa shape index (κ2) is 8.70.